The number of quaternary nitrogens is 1. The summed E-state index contributed by atoms with van der Waals surface area (Å²) in [7, 11) is 0. The third-order valence-corrected chi connectivity index (χ3v) is 5.52. The predicted octanol–water partition coefficient (Wildman–Crippen LogP) is 1.57. The fourth-order valence-corrected chi connectivity index (χ4v) is 3.99. The molecule has 1 N–H and O–H groups in total. The Labute approximate surface area is 167 Å². The summed E-state index contributed by atoms with van der Waals surface area (Å²) >= 11 is 6.06. The van der Waals surface area contributed by atoms with Crippen LogP contribution in [-0.2, 0) is 17.9 Å². The average Bonchev–Trinajstić information content (AvgIpc) is 3.02. The number of nitrogens with one attached hydrogen (secondary N) is 1. The number of benzene rings is 2. The van der Waals surface area contributed by atoms with Crippen LogP contribution in [0.15, 0.2) is 57.7 Å². The van der Waals surface area contributed by atoms with Gasteiger partial charge in [-0.2, -0.15) is 0 Å². The topological polar surface area (TPSA) is 59.9 Å². The van der Waals surface area contributed by atoms with E-state index in [9.17, 15) is 9.59 Å². The van der Waals surface area contributed by atoms with Crippen molar-refractivity contribution in [2.75, 3.05) is 26.2 Å². The maximum absolute atomic E-state index is 12.6. The molecular formula is C21H23ClN3O3+. The summed E-state index contributed by atoms with van der Waals surface area (Å²) in [5.41, 5.74) is 2.50. The van der Waals surface area contributed by atoms with Crippen molar-refractivity contribution in [1.29, 1.82) is 0 Å². The van der Waals surface area contributed by atoms with Crippen LogP contribution < -0.4 is 10.7 Å². The van der Waals surface area contributed by atoms with Gasteiger partial charge >= 0.3 is 5.76 Å². The molecule has 1 aromatic heterocycles. The zero-order chi connectivity index (χ0) is 19.5. The molecule has 0 saturated carbocycles. The number of aromatic nitrogens is 1. The zero-order valence-corrected chi connectivity index (χ0v) is 16.3. The van der Waals surface area contributed by atoms with Crippen molar-refractivity contribution in [2.24, 2.45) is 0 Å². The first-order chi connectivity index (χ1) is 13.6. The van der Waals surface area contributed by atoms with E-state index in [1.165, 1.54) is 15.0 Å². The smallest absolute Gasteiger partial charge is 0.408 e. The van der Waals surface area contributed by atoms with Gasteiger partial charge in [0.25, 0.3) is 0 Å². The lowest BCUT2D eigenvalue weighted by Crippen LogP contribution is -3.13. The molecule has 0 atom stereocenters. The number of oxazole rings is 1. The quantitative estimate of drug-likeness (QED) is 0.707. The number of carbonyl (C=O) groups is 1. The van der Waals surface area contributed by atoms with Gasteiger partial charge in [0.1, 0.15) is 6.54 Å². The number of nitrogens with zero attached hydrogens (tertiary/aromatic N) is 2. The largest absolute Gasteiger partial charge is 0.419 e. The monoisotopic (exact) mass is 400 g/mol. The lowest BCUT2D eigenvalue weighted by Gasteiger charge is -2.32. The molecule has 1 aliphatic heterocycles. The van der Waals surface area contributed by atoms with Gasteiger partial charge in [-0.15, -0.1) is 0 Å². The number of halogens is 1. The number of piperazine rings is 1. The van der Waals surface area contributed by atoms with Crippen LogP contribution in [0.2, 0.25) is 5.02 Å². The number of hydrogen-bond donors (Lipinski definition) is 1. The van der Waals surface area contributed by atoms with Crippen LogP contribution in [0.5, 0.6) is 0 Å². The van der Waals surface area contributed by atoms with Gasteiger partial charge in [0.2, 0.25) is 5.91 Å². The van der Waals surface area contributed by atoms with E-state index in [4.69, 9.17) is 16.0 Å². The maximum Gasteiger partial charge on any atom is 0.419 e. The Hall–Kier alpha value is -2.57. The van der Waals surface area contributed by atoms with E-state index in [-0.39, 0.29) is 5.91 Å². The fourth-order valence-electron chi connectivity index (χ4n) is 3.78. The Morgan fingerprint density at radius 2 is 1.89 bits per heavy atom. The number of para-hydroxylation sites is 2. The molecule has 0 bridgehead atoms. The fraction of sp³-hybridized carbons (Fsp3) is 0.333. The molecule has 7 heteroatoms. The minimum atomic E-state index is -0.412. The Morgan fingerprint density at radius 3 is 2.68 bits per heavy atom. The molecule has 0 radical (unpaired) electrons. The molecular weight excluding hydrogens is 378 g/mol. The minimum Gasteiger partial charge on any atom is -0.408 e. The Balaban J connectivity index is 1.30. The van der Waals surface area contributed by atoms with E-state index in [0.717, 1.165) is 43.3 Å². The van der Waals surface area contributed by atoms with Crippen LogP contribution in [0.1, 0.15) is 12.0 Å². The molecule has 4 rings (SSSR count). The van der Waals surface area contributed by atoms with Crippen molar-refractivity contribution in [2.45, 2.75) is 19.5 Å². The van der Waals surface area contributed by atoms with Crippen molar-refractivity contribution in [3.05, 3.63) is 69.7 Å². The summed E-state index contributed by atoms with van der Waals surface area (Å²) in [6, 6.07) is 15.2. The summed E-state index contributed by atoms with van der Waals surface area (Å²) in [4.78, 5) is 28.0. The van der Waals surface area contributed by atoms with E-state index in [1.807, 2.05) is 41.3 Å². The molecule has 28 heavy (non-hydrogen) atoms. The highest BCUT2D eigenvalue weighted by Crippen LogP contribution is 2.12. The van der Waals surface area contributed by atoms with Gasteiger partial charge in [-0.25, -0.2) is 4.79 Å². The Bertz CT molecular complexity index is 1030. The van der Waals surface area contributed by atoms with E-state index in [0.29, 0.717) is 18.5 Å². The van der Waals surface area contributed by atoms with E-state index < -0.39 is 5.76 Å². The van der Waals surface area contributed by atoms with Crippen LogP contribution in [-0.4, -0.2) is 41.6 Å². The lowest BCUT2D eigenvalue weighted by molar-refractivity contribution is -0.917. The SMILES string of the molecule is O=C(CCn1c(=O)oc2ccccc21)N1CC[NH+](Cc2cccc(Cl)c2)CC1. The first-order valence-electron chi connectivity index (χ1n) is 9.54. The summed E-state index contributed by atoms with van der Waals surface area (Å²) in [5, 5.41) is 0.757. The average molecular weight is 401 g/mol. The Morgan fingerprint density at radius 1 is 1.11 bits per heavy atom. The summed E-state index contributed by atoms with van der Waals surface area (Å²) in [6.07, 6.45) is 0.299. The summed E-state index contributed by atoms with van der Waals surface area (Å²) in [6.45, 7) is 4.54. The van der Waals surface area contributed by atoms with Gasteiger partial charge in [-0.05, 0) is 24.3 Å². The third kappa shape index (κ3) is 4.13. The van der Waals surface area contributed by atoms with Gasteiger partial charge in [-0.3, -0.25) is 9.36 Å². The molecule has 1 fully saturated rings. The third-order valence-electron chi connectivity index (χ3n) is 5.29. The van der Waals surface area contributed by atoms with Crippen molar-refractivity contribution in [3.63, 3.8) is 0 Å². The van der Waals surface area contributed by atoms with Crippen molar-refractivity contribution in [3.8, 4) is 0 Å². The number of rotatable bonds is 5. The normalized spacial score (nSPS) is 15.2. The number of amides is 1. The van der Waals surface area contributed by atoms with Crippen LogP contribution in [0, 0.1) is 0 Å². The van der Waals surface area contributed by atoms with Gasteiger partial charge in [0.15, 0.2) is 5.58 Å². The summed E-state index contributed by atoms with van der Waals surface area (Å²) < 4.78 is 6.76. The van der Waals surface area contributed by atoms with Gasteiger partial charge in [0, 0.05) is 23.6 Å². The highest BCUT2D eigenvalue weighted by atomic mass is 35.5. The number of hydrogen-bond acceptors (Lipinski definition) is 3. The first kappa shape index (κ1) is 18.8. The zero-order valence-electron chi connectivity index (χ0n) is 15.6. The molecule has 6 nitrogen and oxygen atoms in total. The molecule has 2 heterocycles. The molecule has 146 valence electrons. The molecule has 3 aromatic rings. The molecule has 2 aromatic carbocycles. The molecule has 1 saturated heterocycles. The van der Waals surface area contributed by atoms with Crippen LogP contribution in [0.4, 0.5) is 0 Å². The standard InChI is InChI=1S/C21H22ClN3O3/c22-17-5-3-4-16(14-17)15-23-10-12-24(13-11-23)20(26)8-9-25-18-6-1-2-7-19(18)28-21(25)27/h1-7,14H,8-13,15H2/p+1. The van der Waals surface area contributed by atoms with Crippen molar-refractivity contribution >= 4 is 28.6 Å². The van der Waals surface area contributed by atoms with Gasteiger partial charge < -0.3 is 14.2 Å². The van der Waals surface area contributed by atoms with Crippen LogP contribution >= 0.6 is 11.6 Å². The van der Waals surface area contributed by atoms with Crippen LogP contribution in [0.25, 0.3) is 11.1 Å². The van der Waals surface area contributed by atoms with Crippen LogP contribution in [0.3, 0.4) is 0 Å². The second kappa shape index (κ2) is 8.20. The minimum absolute atomic E-state index is 0.0824. The molecule has 1 amide bonds. The van der Waals surface area contributed by atoms with Gasteiger partial charge in [-0.1, -0.05) is 35.9 Å². The second-order valence-corrected chi connectivity index (χ2v) is 7.61. The van der Waals surface area contributed by atoms with E-state index in [2.05, 4.69) is 6.07 Å². The van der Waals surface area contributed by atoms with E-state index in [1.54, 1.807) is 6.07 Å². The van der Waals surface area contributed by atoms with E-state index >= 15 is 0 Å². The number of carbonyl (C=O) groups excluding carboxylic acids is 1. The second-order valence-electron chi connectivity index (χ2n) is 7.17. The number of aryl methyl sites for hydroxylation is 1. The molecule has 1 aliphatic rings. The van der Waals surface area contributed by atoms with Gasteiger partial charge in [0.05, 0.1) is 31.7 Å². The first-order valence-corrected chi connectivity index (χ1v) is 9.92. The lowest BCUT2D eigenvalue weighted by atomic mass is 10.2. The number of fused-ring (bicyclic) bond motifs is 1. The van der Waals surface area contributed by atoms with Crippen molar-refractivity contribution < 1.29 is 14.1 Å². The highest BCUT2D eigenvalue weighted by Gasteiger charge is 2.24. The predicted molar refractivity (Wildman–Crippen MR) is 108 cm³/mol. The highest BCUT2D eigenvalue weighted by molar-refractivity contribution is 6.30. The summed E-state index contributed by atoms with van der Waals surface area (Å²) in [5.74, 6) is -0.330. The molecule has 0 aliphatic carbocycles. The molecule has 0 unspecified atom stereocenters. The molecule has 0 spiro atoms. The maximum atomic E-state index is 12.6. The Kier molecular flexibility index (Phi) is 5.50. The van der Waals surface area contributed by atoms with Crippen molar-refractivity contribution in [1.82, 2.24) is 9.47 Å².